The first-order valence-electron chi connectivity index (χ1n) is 7.79. The Bertz CT molecular complexity index is 815. The van der Waals surface area contributed by atoms with E-state index >= 15 is 0 Å². The molecule has 0 fully saturated rings. The zero-order valence-electron chi connectivity index (χ0n) is 14.0. The fourth-order valence-electron chi connectivity index (χ4n) is 2.17. The smallest absolute Gasteiger partial charge is 0.255 e. The van der Waals surface area contributed by atoms with Crippen LogP contribution in [0.5, 0.6) is 0 Å². The molecule has 0 saturated heterocycles. The molecule has 0 aliphatic heterocycles. The van der Waals surface area contributed by atoms with Crippen molar-refractivity contribution >= 4 is 11.9 Å². The van der Waals surface area contributed by atoms with Crippen molar-refractivity contribution in [3.63, 3.8) is 0 Å². The molecular formula is C18H20N4O2. The molecule has 0 radical (unpaired) electrons. The minimum atomic E-state index is -0.572. The average molecular weight is 324 g/mol. The number of anilines is 1. The van der Waals surface area contributed by atoms with Crippen molar-refractivity contribution in [2.24, 2.45) is 5.41 Å². The summed E-state index contributed by atoms with van der Waals surface area (Å²) in [5.41, 5.74) is 0.520. The number of hydrogen-bond donors (Lipinski definition) is 1. The third kappa shape index (κ3) is 3.37. The summed E-state index contributed by atoms with van der Waals surface area (Å²) >= 11 is 0. The number of furan rings is 1. The lowest BCUT2D eigenvalue weighted by atomic mass is 9.96. The van der Waals surface area contributed by atoms with Crippen LogP contribution in [0.15, 0.2) is 53.1 Å². The first-order valence-corrected chi connectivity index (χ1v) is 7.79. The maximum atomic E-state index is 12.7. The predicted octanol–water partition coefficient (Wildman–Crippen LogP) is 3.84. The zero-order valence-corrected chi connectivity index (χ0v) is 14.0. The van der Waals surface area contributed by atoms with E-state index in [9.17, 15) is 4.79 Å². The van der Waals surface area contributed by atoms with Gasteiger partial charge in [0.25, 0.3) is 5.91 Å². The number of benzene rings is 1. The van der Waals surface area contributed by atoms with Gasteiger partial charge in [-0.25, -0.2) is 0 Å². The Morgan fingerprint density at radius 3 is 2.54 bits per heavy atom. The molecule has 3 rings (SSSR count). The quantitative estimate of drug-likeness (QED) is 0.789. The molecule has 0 unspecified atom stereocenters. The molecule has 2 aromatic heterocycles. The van der Waals surface area contributed by atoms with E-state index in [4.69, 9.17) is 4.42 Å². The van der Waals surface area contributed by atoms with Gasteiger partial charge in [-0.05, 0) is 17.7 Å². The number of nitrogens with zero attached hydrogens (tertiary/aromatic N) is 3. The van der Waals surface area contributed by atoms with Gasteiger partial charge >= 0.3 is 0 Å². The van der Waals surface area contributed by atoms with E-state index in [2.05, 4.69) is 15.4 Å². The van der Waals surface area contributed by atoms with Gasteiger partial charge in [-0.3, -0.25) is 4.79 Å². The maximum absolute atomic E-state index is 12.7. The van der Waals surface area contributed by atoms with E-state index in [0.717, 1.165) is 5.56 Å². The van der Waals surface area contributed by atoms with Crippen LogP contribution < -0.4 is 5.32 Å². The highest BCUT2D eigenvalue weighted by molar-refractivity contribution is 5.85. The summed E-state index contributed by atoms with van der Waals surface area (Å²) in [5.74, 6) is 1.18. The lowest BCUT2D eigenvalue weighted by molar-refractivity contribution is 0.0752. The topological polar surface area (TPSA) is 73.0 Å². The molecule has 0 saturated carbocycles. The first-order chi connectivity index (χ1) is 11.4. The van der Waals surface area contributed by atoms with Gasteiger partial charge in [0.05, 0.1) is 6.26 Å². The van der Waals surface area contributed by atoms with Crippen molar-refractivity contribution < 1.29 is 9.21 Å². The van der Waals surface area contributed by atoms with Crippen LogP contribution in [0.3, 0.4) is 0 Å². The Hall–Kier alpha value is -2.89. The zero-order chi connectivity index (χ0) is 17.2. The molecule has 6 heteroatoms. The monoisotopic (exact) mass is 324 g/mol. The molecule has 124 valence electrons. The van der Waals surface area contributed by atoms with Crippen molar-refractivity contribution in [2.75, 3.05) is 5.32 Å². The Balaban J connectivity index is 1.92. The molecule has 1 aromatic carbocycles. The second-order valence-corrected chi connectivity index (χ2v) is 6.54. The van der Waals surface area contributed by atoms with Gasteiger partial charge in [-0.2, -0.15) is 9.67 Å². The Labute approximate surface area is 140 Å². The van der Waals surface area contributed by atoms with Crippen LogP contribution in [-0.2, 0) is 6.54 Å². The van der Waals surface area contributed by atoms with Gasteiger partial charge in [0.15, 0.2) is 5.76 Å². The van der Waals surface area contributed by atoms with E-state index in [0.29, 0.717) is 24.1 Å². The van der Waals surface area contributed by atoms with E-state index in [1.807, 2.05) is 51.1 Å². The number of carbonyl (C=O) groups is 1. The molecule has 0 aliphatic carbocycles. The molecule has 0 atom stereocenters. The highest BCUT2D eigenvalue weighted by Gasteiger charge is 2.28. The van der Waals surface area contributed by atoms with Crippen molar-refractivity contribution in [1.29, 1.82) is 0 Å². The Morgan fingerprint density at radius 2 is 1.92 bits per heavy atom. The molecule has 2 heterocycles. The normalized spacial score (nSPS) is 11.5. The number of carbonyl (C=O) groups excluding carboxylic acids is 1. The number of aromatic nitrogens is 3. The SMILES string of the molecule is CC(C)(C)C(=O)n1nc(-c2ccco2)nc1NCc1ccccc1. The Kier molecular flexibility index (Phi) is 4.20. The van der Waals surface area contributed by atoms with Crippen LogP contribution in [0.1, 0.15) is 31.1 Å². The number of nitrogens with one attached hydrogen (secondary N) is 1. The molecular weight excluding hydrogens is 304 g/mol. The molecule has 6 nitrogen and oxygen atoms in total. The van der Waals surface area contributed by atoms with Crippen LogP contribution in [-0.4, -0.2) is 20.7 Å². The van der Waals surface area contributed by atoms with Crippen molar-refractivity contribution in [2.45, 2.75) is 27.3 Å². The second kappa shape index (κ2) is 6.31. The van der Waals surface area contributed by atoms with E-state index in [1.165, 1.54) is 4.68 Å². The molecule has 1 N–H and O–H groups in total. The second-order valence-electron chi connectivity index (χ2n) is 6.54. The third-order valence-corrected chi connectivity index (χ3v) is 3.48. The molecule has 0 amide bonds. The largest absolute Gasteiger partial charge is 0.461 e. The fourth-order valence-corrected chi connectivity index (χ4v) is 2.17. The van der Waals surface area contributed by atoms with Crippen LogP contribution >= 0.6 is 0 Å². The standard InChI is InChI=1S/C18H20N4O2/c1-18(2,3)16(23)22-17(19-12-13-8-5-4-6-9-13)20-15(21-22)14-10-7-11-24-14/h4-11H,12H2,1-3H3,(H,19,20,21). The highest BCUT2D eigenvalue weighted by Crippen LogP contribution is 2.23. The van der Waals surface area contributed by atoms with Crippen molar-refractivity contribution in [1.82, 2.24) is 14.8 Å². The molecule has 0 aliphatic rings. The Morgan fingerprint density at radius 1 is 1.17 bits per heavy atom. The minimum Gasteiger partial charge on any atom is -0.461 e. The summed E-state index contributed by atoms with van der Waals surface area (Å²) in [6.07, 6.45) is 1.55. The third-order valence-electron chi connectivity index (χ3n) is 3.48. The van der Waals surface area contributed by atoms with Gasteiger partial charge in [-0.1, -0.05) is 51.1 Å². The number of hydrogen-bond acceptors (Lipinski definition) is 5. The summed E-state index contributed by atoms with van der Waals surface area (Å²) in [7, 11) is 0. The van der Waals surface area contributed by atoms with Gasteiger partial charge in [0.1, 0.15) is 0 Å². The van der Waals surface area contributed by atoms with E-state index < -0.39 is 5.41 Å². The summed E-state index contributed by atoms with van der Waals surface area (Å²) in [4.78, 5) is 17.1. The van der Waals surface area contributed by atoms with Crippen molar-refractivity contribution in [3.8, 4) is 11.6 Å². The highest BCUT2D eigenvalue weighted by atomic mass is 16.3. The van der Waals surface area contributed by atoms with Crippen LogP contribution in [0.2, 0.25) is 0 Å². The summed E-state index contributed by atoms with van der Waals surface area (Å²) in [6, 6.07) is 13.4. The van der Waals surface area contributed by atoms with Gasteiger partial charge in [0.2, 0.25) is 11.8 Å². The summed E-state index contributed by atoms with van der Waals surface area (Å²) in [6.45, 7) is 6.11. The van der Waals surface area contributed by atoms with Crippen LogP contribution in [0.25, 0.3) is 11.6 Å². The van der Waals surface area contributed by atoms with Crippen molar-refractivity contribution in [3.05, 3.63) is 54.3 Å². The van der Waals surface area contributed by atoms with Gasteiger partial charge < -0.3 is 9.73 Å². The molecule has 0 spiro atoms. The van der Waals surface area contributed by atoms with Gasteiger partial charge in [-0.15, -0.1) is 5.10 Å². The lowest BCUT2D eigenvalue weighted by Crippen LogP contribution is -2.29. The summed E-state index contributed by atoms with van der Waals surface area (Å²) < 4.78 is 6.66. The minimum absolute atomic E-state index is 0.136. The fraction of sp³-hybridized carbons (Fsp3) is 0.278. The number of rotatable bonds is 4. The average Bonchev–Trinajstić information content (AvgIpc) is 3.21. The van der Waals surface area contributed by atoms with Crippen LogP contribution in [0, 0.1) is 5.41 Å². The van der Waals surface area contributed by atoms with E-state index in [-0.39, 0.29) is 5.91 Å². The molecule has 3 aromatic rings. The lowest BCUT2D eigenvalue weighted by Gasteiger charge is -2.17. The van der Waals surface area contributed by atoms with E-state index in [1.54, 1.807) is 18.4 Å². The first kappa shape index (κ1) is 16.0. The predicted molar refractivity (Wildman–Crippen MR) is 91.6 cm³/mol. The van der Waals surface area contributed by atoms with Crippen LogP contribution in [0.4, 0.5) is 5.95 Å². The maximum Gasteiger partial charge on any atom is 0.255 e. The summed E-state index contributed by atoms with van der Waals surface area (Å²) in [5, 5.41) is 7.52. The molecule has 24 heavy (non-hydrogen) atoms. The van der Waals surface area contributed by atoms with Gasteiger partial charge in [0, 0.05) is 12.0 Å². The molecule has 0 bridgehead atoms.